The topological polar surface area (TPSA) is 147 Å². The predicted octanol–water partition coefficient (Wildman–Crippen LogP) is 2.96. The highest BCUT2D eigenvalue weighted by Crippen LogP contribution is 2.20. The Hall–Kier alpha value is -4.71. The number of amides is 1. The van der Waals surface area contributed by atoms with Crippen LogP contribution in [-0.2, 0) is 16.0 Å². The maximum atomic E-state index is 13.6. The van der Waals surface area contributed by atoms with Crippen LogP contribution in [-0.4, -0.2) is 50.1 Å². The van der Waals surface area contributed by atoms with Gasteiger partial charge in [0.25, 0.3) is 17.2 Å². The van der Waals surface area contributed by atoms with Gasteiger partial charge in [-0.1, -0.05) is 18.2 Å². The van der Waals surface area contributed by atoms with Gasteiger partial charge >= 0.3 is 5.97 Å². The summed E-state index contributed by atoms with van der Waals surface area (Å²) in [4.78, 5) is 60.0. The molecule has 0 saturated carbocycles. The molecule has 1 saturated heterocycles. The molecule has 3 aromatic heterocycles. The molecule has 12 nitrogen and oxygen atoms in total. The predicted molar refractivity (Wildman–Crippen MR) is 140 cm³/mol. The van der Waals surface area contributed by atoms with E-state index in [1.54, 1.807) is 19.2 Å². The van der Waals surface area contributed by atoms with Crippen molar-refractivity contribution in [2.75, 3.05) is 13.2 Å². The lowest BCUT2D eigenvalue weighted by molar-refractivity contribution is -0.385. The van der Waals surface area contributed by atoms with Crippen LogP contribution < -0.4 is 11.0 Å². The van der Waals surface area contributed by atoms with Crippen molar-refractivity contribution in [3.63, 3.8) is 0 Å². The number of ether oxygens (including phenoxy) is 2. The van der Waals surface area contributed by atoms with Crippen molar-refractivity contribution in [3.05, 3.63) is 91.3 Å². The second kappa shape index (κ2) is 10.6. The first-order chi connectivity index (χ1) is 18.8. The fourth-order valence-corrected chi connectivity index (χ4v) is 4.70. The van der Waals surface area contributed by atoms with Gasteiger partial charge in [-0.25, -0.2) is 9.78 Å². The standard InChI is InChI=1S/C27H25N5O7/c1-3-38-27(35)20-14-19-23(28-22-16(2)8-6-12-30(22)26(19)34)31(15-17-9-7-13-39-17)24(20)29-25(33)18-10-4-5-11-21(18)32(36)37/h4-6,8,10-12,14,17H,3,7,9,13,15H2,1-2H3/t17-/m1/s1. The molecule has 4 heterocycles. The number of rotatable bonds is 6. The van der Waals surface area contributed by atoms with E-state index in [4.69, 9.17) is 14.5 Å². The summed E-state index contributed by atoms with van der Waals surface area (Å²) in [6, 6.07) is 10.3. The second-order valence-electron chi connectivity index (χ2n) is 9.08. The van der Waals surface area contributed by atoms with Gasteiger partial charge < -0.3 is 14.0 Å². The Morgan fingerprint density at radius 2 is 2.00 bits per heavy atom. The van der Waals surface area contributed by atoms with Crippen LogP contribution in [0.3, 0.4) is 0 Å². The SMILES string of the molecule is CCOC(=O)c1cc2c(=O)n3cccc(C)c3nc2n(C[C@H]2CCCO2)c1=NC(=O)c1ccccc1[N+](=O)[O-]. The number of hydrogen-bond donors (Lipinski definition) is 0. The molecule has 0 unspecified atom stereocenters. The molecule has 0 aliphatic carbocycles. The van der Waals surface area contributed by atoms with Crippen LogP contribution in [0, 0.1) is 17.0 Å². The van der Waals surface area contributed by atoms with Gasteiger partial charge in [-0.05, 0) is 50.5 Å². The monoisotopic (exact) mass is 531 g/mol. The normalized spacial score (nSPS) is 15.6. The molecule has 5 rings (SSSR count). The number of fused-ring (bicyclic) bond motifs is 2. The highest BCUT2D eigenvalue weighted by atomic mass is 16.6. The minimum atomic E-state index is -0.929. The largest absolute Gasteiger partial charge is 0.462 e. The summed E-state index contributed by atoms with van der Waals surface area (Å²) in [5.74, 6) is -1.73. The van der Waals surface area contributed by atoms with E-state index in [0.717, 1.165) is 12.0 Å². The Labute approximate surface area is 221 Å². The van der Waals surface area contributed by atoms with Gasteiger partial charge in [0.05, 0.1) is 29.6 Å². The molecule has 1 fully saturated rings. The molecule has 0 radical (unpaired) electrons. The maximum Gasteiger partial charge on any atom is 0.341 e. The Bertz CT molecular complexity index is 1770. The van der Waals surface area contributed by atoms with Crippen molar-refractivity contribution in [2.45, 2.75) is 39.3 Å². The number of carbonyl (C=O) groups is 2. The molecule has 39 heavy (non-hydrogen) atoms. The van der Waals surface area contributed by atoms with Gasteiger partial charge in [0, 0.05) is 18.9 Å². The molecule has 1 aromatic carbocycles. The minimum Gasteiger partial charge on any atom is -0.462 e. The molecule has 1 atom stereocenters. The van der Waals surface area contributed by atoms with E-state index in [1.165, 1.54) is 39.3 Å². The number of esters is 1. The maximum absolute atomic E-state index is 13.6. The highest BCUT2D eigenvalue weighted by Gasteiger charge is 2.25. The third-order valence-electron chi connectivity index (χ3n) is 6.55. The van der Waals surface area contributed by atoms with E-state index >= 15 is 0 Å². The molecule has 1 aliphatic heterocycles. The van der Waals surface area contributed by atoms with Crippen LogP contribution in [0.4, 0.5) is 5.69 Å². The first kappa shape index (κ1) is 25.9. The van der Waals surface area contributed by atoms with Crippen LogP contribution in [0.1, 0.15) is 46.0 Å². The summed E-state index contributed by atoms with van der Waals surface area (Å²) in [7, 11) is 0. The quantitative estimate of drug-likeness (QED) is 0.160. The summed E-state index contributed by atoms with van der Waals surface area (Å²) in [5, 5.41) is 11.7. The Balaban J connectivity index is 1.89. The van der Waals surface area contributed by atoms with Crippen LogP contribution in [0.15, 0.2) is 58.4 Å². The number of nitrogens with zero attached hydrogens (tertiary/aromatic N) is 5. The Morgan fingerprint density at radius 3 is 2.72 bits per heavy atom. The minimum absolute atomic E-state index is 0.0360. The molecule has 12 heteroatoms. The van der Waals surface area contributed by atoms with E-state index in [1.807, 2.05) is 13.0 Å². The summed E-state index contributed by atoms with van der Waals surface area (Å²) < 4.78 is 14.0. The van der Waals surface area contributed by atoms with Crippen molar-refractivity contribution in [1.82, 2.24) is 14.0 Å². The van der Waals surface area contributed by atoms with Gasteiger partial charge in [0.15, 0.2) is 5.49 Å². The third-order valence-corrected chi connectivity index (χ3v) is 6.55. The number of nitro groups is 1. The molecule has 4 aromatic rings. The lowest BCUT2D eigenvalue weighted by Gasteiger charge is -2.18. The fraction of sp³-hybridized carbons (Fsp3) is 0.296. The average Bonchev–Trinajstić information content (AvgIpc) is 3.44. The zero-order chi connectivity index (χ0) is 27.7. The average molecular weight is 532 g/mol. The Morgan fingerprint density at radius 1 is 1.21 bits per heavy atom. The number of pyridine rings is 2. The zero-order valence-electron chi connectivity index (χ0n) is 21.3. The van der Waals surface area contributed by atoms with Crippen molar-refractivity contribution < 1.29 is 24.0 Å². The van der Waals surface area contributed by atoms with Crippen LogP contribution in [0.5, 0.6) is 0 Å². The first-order valence-electron chi connectivity index (χ1n) is 12.5. The third kappa shape index (κ3) is 4.81. The summed E-state index contributed by atoms with van der Waals surface area (Å²) in [6.45, 7) is 4.16. The van der Waals surface area contributed by atoms with Crippen LogP contribution >= 0.6 is 0 Å². The van der Waals surface area contributed by atoms with Crippen molar-refractivity contribution in [1.29, 1.82) is 0 Å². The van der Waals surface area contributed by atoms with Crippen molar-refractivity contribution >= 4 is 34.2 Å². The molecule has 1 amide bonds. The number of nitro benzene ring substituents is 1. The van der Waals surface area contributed by atoms with E-state index in [0.29, 0.717) is 18.7 Å². The highest BCUT2D eigenvalue weighted by molar-refractivity contribution is 6.00. The molecular formula is C27H25N5O7. The van der Waals surface area contributed by atoms with Gasteiger partial charge in [0.2, 0.25) is 0 Å². The van der Waals surface area contributed by atoms with E-state index < -0.39 is 28.0 Å². The number of para-hydroxylation sites is 1. The molecule has 0 N–H and O–H groups in total. The first-order valence-corrected chi connectivity index (χ1v) is 12.5. The van der Waals surface area contributed by atoms with Gasteiger partial charge in [0.1, 0.15) is 22.4 Å². The number of benzene rings is 1. The van der Waals surface area contributed by atoms with Gasteiger partial charge in [-0.3, -0.25) is 24.1 Å². The van der Waals surface area contributed by atoms with Crippen molar-refractivity contribution in [3.8, 4) is 0 Å². The van der Waals surface area contributed by atoms with E-state index in [9.17, 15) is 24.5 Å². The number of aryl methyl sites for hydroxylation is 1. The van der Waals surface area contributed by atoms with Crippen molar-refractivity contribution in [2.24, 2.45) is 4.99 Å². The number of aromatic nitrogens is 3. The lowest BCUT2D eigenvalue weighted by atomic mass is 10.1. The molecule has 1 aliphatic rings. The van der Waals surface area contributed by atoms with Crippen LogP contribution in [0.25, 0.3) is 16.7 Å². The van der Waals surface area contributed by atoms with Gasteiger partial charge in [-0.2, -0.15) is 4.99 Å². The zero-order valence-corrected chi connectivity index (χ0v) is 21.3. The van der Waals surface area contributed by atoms with E-state index in [2.05, 4.69) is 4.99 Å². The summed E-state index contributed by atoms with van der Waals surface area (Å²) >= 11 is 0. The molecular weight excluding hydrogens is 506 g/mol. The smallest absolute Gasteiger partial charge is 0.341 e. The fourth-order valence-electron chi connectivity index (χ4n) is 4.70. The Kier molecular flexibility index (Phi) is 7.03. The lowest BCUT2D eigenvalue weighted by Crippen LogP contribution is -2.35. The summed E-state index contributed by atoms with van der Waals surface area (Å²) in [5.41, 5.74) is -0.00371. The van der Waals surface area contributed by atoms with Crippen LogP contribution in [0.2, 0.25) is 0 Å². The van der Waals surface area contributed by atoms with E-state index in [-0.39, 0.29) is 46.9 Å². The second-order valence-corrected chi connectivity index (χ2v) is 9.08. The molecule has 0 bridgehead atoms. The molecule has 0 spiro atoms. The number of hydrogen-bond acceptors (Lipinski definition) is 8. The number of carbonyl (C=O) groups excluding carboxylic acids is 2. The summed E-state index contributed by atoms with van der Waals surface area (Å²) in [6.07, 6.45) is 2.83. The van der Waals surface area contributed by atoms with Gasteiger partial charge in [-0.15, -0.1) is 0 Å². The molecule has 200 valence electrons.